The third-order valence-electron chi connectivity index (χ3n) is 3.99. The van der Waals surface area contributed by atoms with Crippen molar-refractivity contribution in [2.24, 2.45) is 5.92 Å². The summed E-state index contributed by atoms with van der Waals surface area (Å²) >= 11 is 0. The number of nitrogens with one attached hydrogen (secondary N) is 2. The van der Waals surface area contributed by atoms with Crippen LogP contribution in [-0.4, -0.2) is 38.0 Å². The van der Waals surface area contributed by atoms with Crippen molar-refractivity contribution >= 4 is 17.5 Å². The van der Waals surface area contributed by atoms with E-state index < -0.39 is 0 Å². The standard InChI is InChI=1S/C15H19N3O2/c19-14-9-11-3-1-2-4-13(11)18(14)8-7-17-15(20)12-5-6-16-10-12/h1-4,12,16H,5-10H2,(H,17,20). The van der Waals surface area contributed by atoms with Crippen molar-refractivity contribution in [1.29, 1.82) is 0 Å². The second-order valence-electron chi connectivity index (χ2n) is 5.33. The maximum Gasteiger partial charge on any atom is 0.231 e. The van der Waals surface area contributed by atoms with Gasteiger partial charge in [-0.25, -0.2) is 0 Å². The second kappa shape index (κ2) is 5.63. The van der Waals surface area contributed by atoms with Crippen molar-refractivity contribution < 1.29 is 9.59 Å². The number of anilines is 1. The lowest BCUT2D eigenvalue weighted by Crippen LogP contribution is -2.39. The Balaban J connectivity index is 1.54. The van der Waals surface area contributed by atoms with E-state index in [1.807, 2.05) is 24.3 Å². The van der Waals surface area contributed by atoms with E-state index in [1.165, 1.54) is 0 Å². The molecule has 0 spiro atoms. The van der Waals surface area contributed by atoms with E-state index in [-0.39, 0.29) is 17.7 Å². The number of benzene rings is 1. The number of hydrogen-bond acceptors (Lipinski definition) is 3. The molecule has 0 aromatic heterocycles. The van der Waals surface area contributed by atoms with E-state index in [4.69, 9.17) is 0 Å². The number of hydrogen-bond donors (Lipinski definition) is 2. The lowest BCUT2D eigenvalue weighted by atomic mass is 10.1. The Labute approximate surface area is 118 Å². The number of fused-ring (bicyclic) bond motifs is 1. The van der Waals surface area contributed by atoms with Crippen LogP contribution in [0.25, 0.3) is 0 Å². The van der Waals surface area contributed by atoms with E-state index in [1.54, 1.807) is 4.90 Å². The topological polar surface area (TPSA) is 61.4 Å². The van der Waals surface area contributed by atoms with E-state index in [0.29, 0.717) is 19.5 Å². The first kappa shape index (κ1) is 13.1. The fourth-order valence-electron chi connectivity index (χ4n) is 2.88. The Kier molecular flexibility index (Phi) is 3.69. The molecule has 1 atom stereocenters. The number of carbonyl (C=O) groups is 2. The highest BCUT2D eigenvalue weighted by molar-refractivity contribution is 6.01. The SMILES string of the molecule is O=C(NCCN1C(=O)Cc2ccccc21)C1CCNC1. The molecule has 1 aromatic rings. The van der Waals surface area contributed by atoms with Gasteiger partial charge in [0.05, 0.1) is 12.3 Å². The molecule has 3 rings (SSSR count). The predicted molar refractivity (Wildman–Crippen MR) is 76.5 cm³/mol. The van der Waals surface area contributed by atoms with Crippen molar-refractivity contribution in [3.63, 3.8) is 0 Å². The van der Waals surface area contributed by atoms with Gasteiger partial charge < -0.3 is 15.5 Å². The number of rotatable bonds is 4. The summed E-state index contributed by atoms with van der Waals surface area (Å²) in [6, 6.07) is 7.83. The molecule has 1 fully saturated rings. The number of para-hydroxylation sites is 1. The van der Waals surface area contributed by atoms with Gasteiger partial charge in [-0.2, -0.15) is 0 Å². The molecule has 2 aliphatic rings. The Bertz CT molecular complexity index is 524. The van der Waals surface area contributed by atoms with Crippen molar-refractivity contribution in [3.8, 4) is 0 Å². The molecule has 2 amide bonds. The predicted octanol–water partition coefficient (Wildman–Crippen LogP) is 0.301. The van der Waals surface area contributed by atoms with Crippen LogP contribution < -0.4 is 15.5 Å². The number of nitrogens with zero attached hydrogens (tertiary/aromatic N) is 1. The minimum absolute atomic E-state index is 0.0802. The smallest absolute Gasteiger partial charge is 0.231 e. The molecule has 2 N–H and O–H groups in total. The molecule has 1 saturated heterocycles. The molecule has 1 unspecified atom stereocenters. The van der Waals surface area contributed by atoms with Gasteiger partial charge in [0.15, 0.2) is 0 Å². The van der Waals surface area contributed by atoms with E-state index in [2.05, 4.69) is 10.6 Å². The molecule has 0 saturated carbocycles. The maximum atomic E-state index is 12.0. The molecular weight excluding hydrogens is 254 g/mol. The summed E-state index contributed by atoms with van der Waals surface area (Å²) < 4.78 is 0. The average Bonchev–Trinajstić information content (AvgIpc) is 3.07. The monoisotopic (exact) mass is 273 g/mol. The molecule has 2 heterocycles. The van der Waals surface area contributed by atoms with Gasteiger partial charge in [-0.05, 0) is 24.6 Å². The minimum Gasteiger partial charge on any atom is -0.354 e. The maximum absolute atomic E-state index is 12.0. The highest BCUT2D eigenvalue weighted by atomic mass is 16.2. The summed E-state index contributed by atoms with van der Waals surface area (Å²) in [4.78, 5) is 25.6. The van der Waals surface area contributed by atoms with Crippen LogP contribution in [-0.2, 0) is 16.0 Å². The van der Waals surface area contributed by atoms with Crippen LogP contribution in [0, 0.1) is 5.92 Å². The molecule has 20 heavy (non-hydrogen) atoms. The molecule has 5 heteroatoms. The zero-order valence-corrected chi connectivity index (χ0v) is 11.4. The molecule has 0 radical (unpaired) electrons. The van der Waals surface area contributed by atoms with Crippen LogP contribution in [0.1, 0.15) is 12.0 Å². The van der Waals surface area contributed by atoms with Crippen molar-refractivity contribution in [1.82, 2.24) is 10.6 Å². The first-order chi connectivity index (χ1) is 9.75. The van der Waals surface area contributed by atoms with Gasteiger partial charge in [-0.3, -0.25) is 9.59 Å². The molecule has 0 aliphatic carbocycles. The Morgan fingerprint density at radius 3 is 3.05 bits per heavy atom. The number of carbonyl (C=O) groups excluding carboxylic acids is 2. The van der Waals surface area contributed by atoms with Crippen LogP contribution in [0.15, 0.2) is 24.3 Å². The van der Waals surface area contributed by atoms with Gasteiger partial charge in [0.25, 0.3) is 0 Å². The zero-order valence-electron chi connectivity index (χ0n) is 11.4. The molecule has 5 nitrogen and oxygen atoms in total. The lowest BCUT2D eigenvalue weighted by molar-refractivity contribution is -0.124. The van der Waals surface area contributed by atoms with Gasteiger partial charge in [0.1, 0.15) is 0 Å². The molecule has 0 bridgehead atoms. The van der Waals surface area contributed by atoms with Crippen molar-refractivity contribution in [3.05, 3.63) is 29.8 Å². The first-order valence-corrected chi connectivity index (χ1v) is 7.12. The van der Waals surface area contributed by atoms with E-state index in [9.17, 15) is 9.59 Å². The Hall–Kier alpha value is -1.88. The molecular formula is C15H19N3O2. The van der Waals surface area contributed by atoms with Crippen LogP contribution in [0.5, 0.6) is 0 Å². The summed E-state index contributed by atoms with van der Waals surface area (Å²) in [5.74, 6) is 0.287. The normalized spacial score (nSPS) is 21.1. The summed E-state index contributed by atoms with van der Waals surface area (Å²) in [6.45, 7) is 2.73. The summed E-state index contributed by atoms with van der Waals surface area (Å²) in [5, 5.41) is 6.11. The van der Waals surface area contributed by atoms with Gasteiger partial charge in [0, 0.05) is 25.3 Å². The number of amides is 2. The summed E-state index contributed by atoms with van der Waals surface area (Å²) in [7, 11) is 0. The molecule has 2 aliphatic heterocycles. The van der Waals surface area contributed by atoms with Crippen LogP contribution in [0.4, 0.5) is 5.69 Å². The van der Waals surface area contributed by atoms with Gasteiger partial charge in [-0.1, -0.05) is 18.2 Å². The Morgan fingerprint density at radius 1 is 1.40 bits per heavy atom. The quantitative estimate of drug-likeness (QED) is 0.829. The highest BCUT2D eigenvalue weighted by Gasteiger charge is 2.27. The highest BCUT2D eigenvalue weighted by Crippen LogP contribution is 2.27. The largest absolute Gasteiger partial charge is 0.354 e. The zero-order chi connectivity index (χ0) is 13.9. The summed E-state index contributed by atoms with van der Waals surface area (Å²) in [6.07, 6.45) is 1.37. The second-order valence-corrected chi connectivity index (χ2v) is 5.33. The molecule has 106 valence electrons. The summed E-state index contributed by atoms with van der Waals surface area (Å²) in [5.41, 5.74) is 2.05. The van der Waals surface area contributed by atoms with Crippen LogP contribution in [0.3, 0.4) is 0 Å². The van der Waals surface area contributed by atoms with Crippen molar-refractivity contribution in [2.75, 3.05) is 31.1 Å². The van der Waals surface area contributed by atoms with Gasteiger partial charge in [0.2, 0.25) is 11.8 Å². The van der Waals surface area contributed by atoms with Gasteiger partial charge in [-0.15, -0.1) is 0 Å². The van der Waals surface area contributed by atoms with E-state index >= 15 is 0 Å². The third kappa shape index (κ3) is 2.54. The van der Waals surface area contributed by atoms with Crippen molar-refractivity contribution in [2.45, 2.75) is 12.8 Å². The first-order valence-electron chi connectivity index (χ1n) is 7.12. The minimum atomic E-state index is 0.0802. The van der Waals surface area contributed by atoms with Crippen LogP contribution >= 0.6 is 0 Å². The van der Waals surface area contributed by atoms with E-state index in [0.717, 1.165) is 30.8 Å². The average molecular weight is 273 g/mol. The lowest BCUT2D eigenvalue weighted by Gasteiger charge is -2.18. The fourth-order valence-corrected chi connectivity index (χ4v) is 2.88. The molecule has 1 aromatic carbocycles. The van der Waals surface area contributed by atoms with Crippen LogP contribution in [0.2, 0.25) is 0 Å². The Morgan fingerprint density at radius 2 is 2.25 bits per heavy atom. The third-order valence-corrected chi connectivity index (χ3v) is 3.99. The van der Waals surface area contributed by atoms with Gasteiger partial charge >= 0.3 is 0 Å². The fraction of sp³-hybridized carbons (Fsp3) is 0.467.